The third-order valence-electron chi connectivity index (χ3n) is 7.34. The van der Waals surface area contributed by atoms with Gasteiger partial charge in [0.25, 0.3) is 11.8 Å². The molecule has 6 N–H and O–H groups in total. The van der Waals surface area contributed by atoms with Crippen molar-refractivity contribution in [1.29, 1.82) is 5.26 Å². The van der Waals surface area contributed by atoms with E-state index in [1.165, 1.54) is 22.7 Å². The summed E-state index contributed by atoms with van der Waals surface area (Å²) in [5.41, 5.74) is 13.4. The summed E-state index contributed by atoms with van der Waals surface area (Å²) in [6.45, 7) is 7.62. The minimum atomic E-state index is -0.887. The number of nitrogens with two attached hydrogens (primary N) is 2. The quantitative estimate of drug-likeness (QED) is 0.311. The predicted molar refractivity (Wildman–Crippen MR) is 144 cm³/mol. The molecule has 2 aliphatic rings. The Hall–Kier alpha value is -3.60. The van der Waals surface area contributed by atoms with E-state index >= 15 is 0 Å². The molecule has 3 aromatic heterocycles. The van der Waals surface area contributed by atoms with Crippen LogP contribution in [0.1, 0.15) is 72.2 Å². The van der Waals surface area contributed by atoms with Crippen molar-refractivity contribution in [3.63, 3.8) is 0 Å². The number of fused-ring (bicyclic) bond motifs is 2. The van der Waals surface area contributed by atoms with Gasteiger partial charge in [-0.25, -0.2) is 0 Å². The van der Waals surface area contributed by atoms with Gasteiger partial charge in [-0.3, -0.25) is 9.59 Å². The highest BCUT2D eigenvalue weighted by atomic mass is 32.1. The fraction of sp³-hybridized carbons (Fsp3) is 0.440. The summed E-state index contributed by atoms with van der Waals surface area (Å²) in [7, 11) is 0. The van der Waals surface area contributed by atoms with E-state index in [1.54, 1.807) is 0 Å². The van der Waals surface area contributed by atoms with Crippen LogP contribution in [0.4, 0.5) is 0 Å². The van der Waals surface area contributed by atoms with E-state index in [2.05, 4.69) is 50.4 Å². The molecule has 1 aliphatic carbocycles. The first kappa shape index (κ1) is 26.0. The van der Waals surface area contributed by atoms with Gasteiger partial charge >= 0.3 is 0 Å². The Kier molecular flexibility index (Phi) is 7.04. The number of aromatic amines is 1. The molecule has 11 nitrogen and oxygen atoms in total. The summed E-state index contributed by atoms with van der Waals surface area (Å²) in [6, 6.07) is 5.86. The topological polar surface area (TPSA) is 180 Å². The normalized spacial score (nSPS) is 18.7. The van der Waals surface area contributed by atoms with E-state index in [9.17, 15) is 14.9 Å². The smallest absolute Gasteiger partial charge is 0.258 e. The zero-order valence-corrected chi connectivity index (χ0v) is 22.6. The number of rotatable bonds is 9. The molecule has 5 rings (SSSR count). The van der Waals surface area contributed by atoms with Crippen molar-refractivity contribution in [1.82, 2.24) is 30.8 Å². The molecule has 1 saturated heterocycles. The number of nitrogens with one attached hydrogen (secondary N) is 2. The molecule has 2 amide bonds. The number of primary amides is 2. The number of carbonyl (C=O) groups excluding carboxylic acids is 2. The summed E-state index contributed by atoms with van der Waals surface area (Å²) in [6.07, 6.45) is 3.67. The molecule has 1 aliphatic heterocycles. The third-order valence-corrected chi connectivity index (χ3v) is 10.1. The lowest BCUT2D eigenvalue weighted by Gasteiger charge is -2.33. The fourth-order valence-corrected chi connectivity index (χ4v) is 8.19. The van der Waals surface area contributed by atoms with Crippen molar-refractivity contribution in [2.75, 3.05) is 13.1 Å². The first-order valence-corrected chi connectivity index (χ1v) is 14.0. The van der Waals surface area contributed by atoms with Crippen LogP contribution in [-0.4, -0.2) is 62.5 Å². The van der Waals surface area contributed by atoms with Crippen LogP contribution < -0.4 is 16.8 Å². The number of likely N-dealkylation sites (tertiary alicyclic amines) is 1. The van der Waals surface area contributed by atoms with E-state index in [1.807, 2.05) is 12.1 Å². The number of hydrogen-bond donors (Lipinski definition) is 4. The highest BCUT2D eigenvalue weighted by molar-refractivity contribution is 7.16. The van der Waals surface area contributed by atoms with Crippen molar-refractivity contribution < 1.29 is 9.59 Å². The number of thiophene rings is 2. The molecule has 0 saturated carbocycles. The SMILES string of the molecule is C=C(CN[C@H](C)CC1(c2nn[nH]n2)c2sc(C(N)=O)cc2CCc2cc(C(N)=O)sc21)N1CCCC1C#N. The first-order chi connectivity index (χ1) is 18.2. The number of nitriles is 1. The lowest BCUT2D eigenvalue weighted by molar-refractivity contribution is 0.0995. The Balaban J connectivity index is 1.56. The third kappa shape index (κ3) is 4.48. The number of aryl methyl sites for hydroxylation is 2. The van der Waals surface area contributed by atoms with Crippen LogP contribution in [-0.2, 0) is 18.3 Å². The molecule has 0 spiro atoms. The number of nitrogens with zero attached hydrogens (tertiary/aromatic N) is 5. The van der Waals surface area contributed by atoms with Crippen LogP contribution in [0.25, 0.3) is 0 Å². The largest absolute Gasteiger partial charge is 0.365 e. The molecule has 1 fully saturated rings. The standard InChI is InChI=1S/C25H29N9O2S2/c1-13(29-12-14(2)34-7-3-4-17(34)11-26)10-25(24-30-32-33-31-24)20-15(8-18(37-20)22(27)35)5-6-16-9-19(23(28)36)38-21(16)25/h8-9,13,17,29H,2-7,10,12H2,1H3,(H2,27,35)(H2,28,36)(H,30,31,32,33)/t13-,17?/m1/s1. The predicted octanol–water partition coefficient (Wildman–Crippen LogP) is 1.82. The zero-order valence-electron chi connectivity index (χ0n) is 21.0. The van der Waals surface area contributed by atoms with Gasteiger partial charge < -0.3 is 21.7 Å². The number of aromatic nitrogens is 4. The molecule has 3 aromatic rings. The average molecular weight is 552 g/mol. The van der Waals surface area contributed by atoms with E-state index in [-0.39, 0.29) is 12.1 Å². The van der Waals surface area contributed by atoms with Crippen molar-refractivity contribution in [2.24, 2.45) is 11.5 Å². The van der Waals surface area contributed by atoms with Gasteiger partial charge in [-0.05, 0) is 62.3 Å². The van der Waals surface area contributed by atoms with Crippen molar-refractivity contribution in [3.8, 4) is 6.07 Å². The molecule has 2 atom stereocenters. The van der Waals surface area contributed by atoms with Gasteiger partial charge in [-0.15, -0.1) is 32.9 Å². The van der Waals surface area contributed by atoms with Gasteiger partial charge in [0, 0.05) is 34.6 Å². The molecule has 1 unspecified atom stereocenters. The zero-order chi connectivity index (χ0) is 27.0. The summed E-state index contributed by atoms with van der Waals surface area (Å²) in [4.78, 5) is 29.2. The summed E-state index contributed by atoms with van der Waals surface area (Å²) in [5.74, 6) is -0.530. The minimum Gasteiger partial charge on any atom is -0.365 e. The van der Waals surface area contributed by atoms with Gasteiger partial charge in [0.2, 0.25) is 0 Å². The second-order valence-corrected chi connectivity index (χ2v) is 11.9. The monoisotopic (exact) mass is 551 g/mol. The Morgan fingerprint density at radius 1 is 1.26 bits per heavy atom. The van der Waals surface area contributed by atoms with Gasteiger partial charge in [0.1, 0.15) is 11.5 Å². The molecule has 0 radical (unpaired) electrons. The Bertz CT molecular complexity index is 1360. The molecule has 0 bridgehead atoms. The summed E-state index contributed by atoms with van der Waals surface area (Å²) in [5, 5.41) is 28.4. The lowest BCUT2D eigenvalue weighted by atomic mass is 9.76. The minimum absolute atomic E-state index is 0.0783. The van der Waals surface area contributed by atoms with Crippen molar-refractivity contribution in [2.45, 2.75) is 56.5 Å². The second kappa shape index (κ2) is 10.3. The van der Waals surface area contributed by atoms with Crippen LogP contribution in [0.3, 0.4) is 0 Å². The number of tetrazole rings is 1. The van der Waals surface area contributed by atoms with E-state index in [4.69, 9.17) is 11.5 Å². The number of amides is 2. The van der Waals surface area contributed by atoms with E-state index < -0.39 is 17.2 Å². The molecular formula is C25H29N9O2S2. The van der Waals surface area contributed by atoms with Gasteiger partial charge in [0.05, 0.1) is 15.8 Å². The van der Waals surface area contributed by atoms with Crippen LogP contribution in [0, 0.1) is 11.3 Å². The maximum Gasteiger partial charge on any atom is 0.258 e. The average Bonchev–Trinajstić information content (AvgIpc) is 3.70. The highest BCUT2D eigenvalue weighted by Crippen LogP contribution is 2.52. The highest BCUT2D eigenvalue weighted by Gasteiger charge is 2.48. The Morgan fingerprint density at radius 2 is 1.89 bits per heavy atom. The maximum atomic E-state index is 12.2. The van der Waals surface area contributed by atoms with Gasteiger partial charge in [0.15, 0.2) is 5.82 Å². The Morgan fingerprint density at radius 3 is 2.42 bits per heavy atom. The van der Waals surface area contributed by atoms with E-state index in [0.29, 0.717) is 41.4 Å². The molecular weight excluding hydrogens is 522 g/mol. The first-order valence-electron chi connectivity index (χ1n) is 12.4. The molecule has 38 heavy (non-hydrogen) atoms. The van der Waals surface area contributed by atoms with Gasteiger partial charge in [-0.2, -0.15) is 10.5 Å². The molecule has 4 heterocycles. The molecule has 13 heteroatoms. The second-order valence-electron chi connectivity index (χ2n) is 9.83. The Labute approximate surface area is 227 Å². The van der Waals surface area contributed by atoms with Crippen LogP contribution in [0.5, 0.6) is 0 Å². The maximum absolute atomic E-state index is 12.2. The van der Waals surface area contributed by atoms with Crippen molar-refractivity contribution >= 4 is 34.5 Å². The molecule has 198 valence electrons. The summed E-state index contributed by atoms with van der Waals surface area (Å²) < 4.78 is 0. The van der Waals surface area contributed by atoms with Crippen LogP contribution >= 0.6 is 22.7 Å². The fourth-order valence-electron chi connectivity index (χ4n) is 5.59. The van der Waals surface area contributed by atoms with E-state index in [0.717, 1.165) is 46.0 Å². The lowest BCUT2D eigenvalue weighted by Crippen LogP contribution is -2.41. The van der Waals surface area contributed by atoms with Crippen molar-refractivity contribution in [3.05, 3.63) is 60.9 Å². The molecule has 0 aromatic carbocycles. The van der Waals surface area contributed by atoms with Gasteiger partial charge in [-0.1, -0.05) is 11.8 Å². The number of hydrogen-bond acceptors (Lipinski definition) is 10. The number of carbonyl (C=O) groups is 2. The van der Waals surface area contributed by atoms with Crippen LogP contribution in [0.2, 0.25) is 0 Å². The number of H-pyrrole nitrogens is 1. The summed E-state index contributed by atoms with van der Waals surface area (Å²) >= 11 is 2.68. The van der Waals surface area contributed by atoms with Crippen LogP contribution in [0.15, 0.2) is 24.4 Å².